The van der Waals surface area contributed by atoms with Gasteiger partial charge in [0.15, 0.2) is 0 Å². The van der Waals surface area contributed by atoms with E-state index in [-0.39, 0.29) is 6.10 Å². The summed E-state index contributed by atoms with van der Waals surface area (Å²) in [6.45, 7) is 3.69. The van der Waals surface area contributed by atoms with Gasteiger partial charge in [-0.15, -0.1) is 6.58 Å². The van der Waals surface area contributed by atoms with E-state index in [1.807, 2.05) is 6.08 Å². The first-order valence-corrected chi connectivity index (χ1v) is 5.63. The molecule has 1 unspecified atom stereocenters. The van der Waals surface area contributed by atoms with Gasteiger partial charge in [0.25, 0.3) is 0 Å². The molecule has 76 valence electrons. The van der Waals surface area contributed by atoms with E-state index in [4.69, 9.17) is 0 Å². The van der Waals surface area contributed by atoms with Gasteiger partial charge in [-0.25, -0.2) is 0 Å². The highest BCUT2D eigenvalue weighted by Crippen LogP contribution is 2.28. The third-order valence-corrected chi connectivity index (χ3v) is 3.10. The van der Waals surface area contributed by atoms with Gasteiger partial charge in [-0.3, -0.25) is 0 Å². The Bertz CT molecular complexity index is 136. The zero-order valence-corrected chi connectivity index (χ0v) is 8.54. The minimum Gasteiger partial charge on any atom is -0.393 e. The summed E-state index contributed by atoms with van der Waals surface area (Å²) >= 11 is 0. The SMILES string of the molecule is C=CCCCC(O)C1CCCCC1. The Morgan fingerprint density at radius 2 is 2.00 bits per heavy atom. The first-order valence-electron chi connectivity index (χ1n) is 5.63. The predicted octanol–water partition coefficient (Wildman–Crippen LogP) is 3.28. The quantitative estimate of drug-likeness (QED) is 0.511. The number of allylic oxidation sites excluding steroid dienone is 1. The van der Waals surface area contributed by atoms with E-state index in [1.54, 1.807) is 0 Å². The lowest BCUT2D eigenvalue weighted by Crippen LogP contribution is -2.22. The summed E-state index contributed by atoms with van der Waals surface area (Å²) in [6, 6.07) is 0. The molecule has 0 aromatic carbocycles. The summed E-state index contributed by atoms with van der Waals surface area (Å²) in [5.74, 6) is 0.596. The fourth-order valence-electron chi connectivity index (χ4n) is 2.23. The first-order chi connectivity index (χ1) is 6.34. The molecule has 1 aliphatic carbocycles. The van der Waals surface area contributed by atoms with Crippen LogP contribution in [0.15, 0.2) is 12.7 Å². The van der Waals surface area contributed by atoms with Gasteiger partial charge in [-0.05, 0) is 38.0 Å². The van der Waals surface area contributed by atoms with Gasteiger partial charge in [0.1, 0.15) is 0 Å². The van der Waals surface area contributed by atoms with E-state index in [9.17, 15) is 5.11 Å². The van der Waals surface area contributed by atoms with Gasteiger partial charge in [0.2, 0.25) is 0 Å². The van der Waals surface area contributed by atoms with Crippen molar-refractivity contribution >= 4 is 0 Å². The normalized spacial score (nSPS) is 21.3. The molecule has 1 atom stereocenters. The van der Waals surface area contributed by atoms with Crippen molar-refractivity contribution in [2.24, 2.45) is 5.92 Å². The summed E-state index contributed by atoms with van der Waals surface area (Å²) < 4.78 is 0. The molecule has 1 rings (SSSR count). The lowest BCUT2D eigenvalue weighted by Gasteiger charge is -2.26. The zero-order chi connectivity index (χ0) is 9.52. The van der Waals surface area contributed by atoms with Crippen LogP contribution in [0.3, 0.4) is 0 Å². The van der Waals surface area contributed by atoms with Crippen molar-refractivity contribution in [2.45, 2.75) is 57.5 Å². The van der Waals surface area contributed by atoms with E-state index in [2.05, 4.69) is 6.58 Å². The van der Waals surface area contributed by atoms with E-state index in [0.717, 1.165) is 19.3 Å². The van der Waals surface area contributed by atoms with Crippen LogP contribution < -0.4 is 0 Å². The lowest BCUT2D eigenvalue weighted by molar-refractivity contribution is 0.0757. The average molecular weight is 182 g/mol. The van der Waals surface area contributed by atoms with Gasteiger partial charge in [0.05, 0.1) is 6.10 Å². The molecule has 1 N–H and O–H groups in total. The Morgan fingerprint density at radius 3 is 2.62 bits per heavy atom. The van der Waals surface area contributed by atoms with Crippen LogP contribution >= 0.6 is 0 Å². The van der Waals surface area contributed by atoms with Crippen LogP contribution in [0.1, 0.15) is 51.4 Å². The van der Waals surface area contributed by atoms with Crippen molar-refractivity contribution in [3.05, 3.63) is 12.7 Å². The maximum absolute atomic E-state index is 9.87. The second kappa shape index (κ2) is 6.20. The van der Waals surface area contributed by atoms with Gasteiger partial charge in [0, 0.05) is 0 Å². The minimum atomic E-state index is -0.0414. The smallest absolute Gasteiger partial charge is 0.0568 e. The molecule has 1 fully saturated rings. The molecule has 0 bridgehead atoms. The summed E-state index contributed by atoms with van der Waals surface area (Å²) in [5, 5.41) is 9.87. The van der Waals surface area contributed by atoms with Crippen LogP contribution in [0.4, 0.5) is 0 Å². The number of hydrogen-bond acceptors (Lipinski definition) is 1. The Labute approximate surface area is 81.9 Å². The van der Waals surface area contributed by atoms with Crippen LogP contribution in [0.2, 0.25) is 0 Å². The lowest BCUT2D eigenvalue weighted by atomic mass is 9.83. The summed E-state index contributed by atoms with van der Waals surface area (Å²) in [5.41, 5.74) is 0. The zero-order valence-electron chi connectivity index (χ0n) is 8.54. The molecule has 0 heterocycles. The highest BCUT2D eigenvalue weighted by Gasteiger charge is 2.20. The third kappa shape index (κ3) is 3.95. The number of aliphatic hydroxyl groups excluding tert-OH is 1. The molecule has 0 amide bonds. The van der Waals surface area contributed by atoms with E-state index < -0.39 is 0 Å². The summed E-state index contributed by atoms with van der Waals surface area (Å²) in [6.07, 6.45) is 11.5. The highest BCUT2D eigenvalue weighted by molar-refractivity contribution is 4.74. The van der Waals surface area contributed by atoms with Crippen molar-refractivity contribution < 1.29 is 5.11 Å². The second-order valence-corrected chi connectivity index (χ2v) is 4.19. The number of unbranched alkanes of at least 4 members (excludes halogenated alkanes) is 1. The standard InChI is InChI=1S/C12H22O/c1-2-3-5-10-12(13)11-8-6-4-7-9-11/h2,11-13H,1,3-10H2. The third-order valence-electron chi connectivity index (χ3n) is 3.10. The van der Waals surface area contributed by atoms with Crippen molar-refractivity contribution in [1.82, 2.24) is 0 Å². The molecule has 0 aromatic heterocycles. The molecule has 0 radical (unpaired) electrons. The molecule has 1 aliphatic rings. The number of hydrogen-bond donors (Lipinski definition) is 1. The molecular formula is C12H22O. The largest absolute Gasteiger partial charge is 0.393 e. The minimum absolute atomic E-state index is 0.0414. The molecule has 0 spiro atoms. The molecule has 0 aromatic rings. The van der Waals surface area contributed by atoms with Crippen molar-refractivity contribution in [3.63, 3.8) is 0 Å². The van der Waals surface area contributed by atoms with E-state index in [0.29, 0.717) is 5.92 Å². The molecule has 1 saturated carbocycles. The topological polar surface area (TPSA) is 20.2 Å². The fourth-order valence-corrected chi connectivity index (χ4v) is 2.23. The van der Waals surface area contributed by atoms with Crippen molar-refractivity contribution in [3.8, 4) is 0 Å². The van der Waals surface area contributed by atoms with E-state index >= 15 is 0 Å². The van der Waals surface area contributed by atoms with E-state index in [1.165, 1.54) is 32.1 Å². The maximum atomic E-state index is 9.87. The van der Waals surface area contributed by atoms with Gasteiger partial charge in [-0.1, -0.05) is 25.3 Å². The Balaban J connectivity index is 2.13. The molecule has 0 aliphatic heterocycles. The number of aliphatic hydroxyl groups is 1. The Morgan fingerprint density at radius 1 is 1.31 bits per heavy atom. The van der Waals surface area contributed by atoms with Crippen LogP contribution in [-0.2, 0) is 0 Å². The average Bonchev–Trinajstić information content (AvgIpc) is 2.19. The molecular weight excluding hydrogens is 160 g/mol. The second-order valence-electron chi connectivity index (χ2n) is 4.19. The Kier molecular flexibility index (Phi) is 5.14. The van der Waals surface area contributed by atoms with Crippen LogP contribution in [0.25, 0.3) is 0 Å². The molecule has 0 saturated heterocycles. The van der Waals surface area contributed by atoms with Crippen molar-refractivity contribution in [1.29, 1.82) is 0 Å². The molecule has 1 nitrogen and oxygen atoms in total. The maximum Gasteiger partial charge on any atom is 0.0568 e. The van der Waals surface area contributed by atoms with Gasteiger partial charge < -0.3 is 5.11 Å². The molecule has 1 heteroatoms. The van der Waals surface area contributed by atoms with Crippen LogP contribution in [0, 0.1) is 5.92 Å². The fraction of sp³-hybridized carbons (Fsp3) is 0.833. The van der Waals surface area contributed by atoms with Crippen LogP contribution in [-0.4, -0.2) is 11.2 Å². The van der Waals surface area contributed by atoms with Crippen LogP contribution in [0.5, 0.6) is 0 Å². The monoisotopic (exact) mass is 182 g/mol. The van der Waals surface area contributed by atoms with Gasteiger partial charge in [-0.2, -0.15) is 0 Å². The van der Waals surface area contributed by atoms with Gasteiger partial charge >= 0.3 is 0 Å². The summed E-state index contributed by atoms with van der Waals surface area (Å²) in [7, 11) is 0. The molecule has 13 heavy (non-hydrogen) atoms. The number of rotatable bonds is 5. The predicted molar refractivity (Wildman–Crippen MR) is 56.6 cm³/mol. The Hall–Kier alpha value is -0.300. The highest BCUT2D eigenvalue weighted by atomic mass is 16.3. The van der Waals surface area contributed by atoms with Crippen molar-refractivity contribution in [2.75, 3.05) is 0 Å². The summed E-state index contributed by atoms with van der Waals surface area (Å²) in [4.78, 5) is 0. The first kappa shape index (κ1) is 10.8.